The first kappa shape index (κ1) is 5.16. The standard InChI is InChI=1S/C5H5N5/c6-5-4-1-7-3-10(4)9-2-8-5/h1-3H,(H2,6,8,9). The van der Waals surface area contributed by atoms with Crippen molar-refractivity contribution in [2.75, 3.05) is 5.73 Å². The zero-order valence-corrected chi connectivity index (χ0v) is 5.10. The molecule has 2 aromatic rings. The first-order chi connectivity index (χ1) is 4.88. The molecule has 0 amide bonds. The highest BCUT2D eigenvalue weighted by atomic mass is 15.3. The van der Waals surface area contributed by atoms with Crippen LogP contribution in [0.1, 0.15) is 0 Å². The second-order valence-corrected chi connectivity index (χ2v) is 1.87. The predicted molar refractivity (Wildman–Crippen MR) is 35.2 cm³/mol. The number of rotatable bonds is 0. The topological polar surface area (TPSA) is 69.1 Å². The molecule has 0 saturated heterocycles. The van der Waals surface area contributed by atoms with E-state index in [4.69, 9.17) is 5.73 Å². The van der Waals surface area contributed by atoms with Crippen molar-refractivity contribution in [3.05, 3.63) is 18.9 Å². The van der Waals surface area contributed by atoms with Crippen LogP contribution in [0.2, 0.25) is 0 Å². The maximum Gasteiger partial charge on any atom is 0.153 e. The van der Waals surface area contributed by atoms with E-state index in [1.54, 1.807) is 17.0 Å². The average Bonchev–Trinajstić information content (AvgIpc) is 2.36. The van der Waals surface area contributed by atoms with Gasteiger partial charge in [0.15, 0.2) is 5.82 Å². The molecule has 0 spiro atoms. The van der Waals surface area contributed by atoms with E-state index in [-0.39, 0.29) is 0 Å². The van der Waals surface area contributed by atoms with E-state index in [0.29, 0.717) is 5.82 Å². The van der Waals surface area contributed by atoms with Gasteiger partial charge in [0.1, 0.15) is 18.2 Å². The summed E-state index contributed by atoms with van der Waals surface area (Å²) in [6.45, 7) is 0. The summed E-state index contributed by atoms with van der Waals surface area (Å²) in [5.74, 6) is 0.451. The van der Waals surface area contributed by atoms with Crippen LogP contribution in [0.25, 0.3) is 5.52 Å². The predicted octanol–water partition coefficient (Wildman–Crippen LogP) is -0.294. The molecule has 2 N–H and O–H groups in total. The van der Waals surface area contributed by atoms with Crippen molar-refractivity contribution in [1.82, 2.24) is 19.6 Å². The SMILES string of the molecule is Nc1ncnn2cncc12. The molecule has 2 rings (SSSR count). The van der Waals surface area contributed by atoms with E-state index in [2.05, 4.69) is 15.1 Å². The van der Waals surface area contributed by atoms with Crippen molar-refractivity contribution < 1.29 is 0 Å². The summed E-state index contributed by atoms with van der Waals surface area (Å²) in [7, 11) is 0. The van der Waals surface area contributed by atoms with Gasteiger partial charge in [-0.15, -0.1) is 0 Å². The van der Waals surface area contributed by atoms with Gasteiger partial charge in [-0.25, -0.2) is 14.5 Å². The van der Waals surface area contributed by atoms with Gasteiger partial charge in [0.25, 0.3) is 0 Å². The third-order valence-electron chi connectivity index (χ3n) is 1.25. The van der Waals surface area contributed by atoms with Crippen LogP contribution in [0.5, 0.6) is 0 Å². The van der Waals surface area contributed by atoms with Gasteiger partial charge in [0.05, 0.1) is 6.20 Å². The minimum atomic E-state index is 0.451. The molecule has 0 fully saturated rings. The van der Waals surface area contributed by atoms with Gasteiger partial charge in [-0.3, -0.25) is 0 Å². The monoisotopic (exact) mass is 135 g/mol. The maximum absolute atomic E-state index is 5.49. The Balaban J connectivity index is 2.95. The smallest absolute Gasteiger partial charge is 0.153 e. The molecule has 5 heteroatoms. The highest BCUT2D eigenvalue weighted by molar-refractivity contribution is 5.62. The Morgan fingerprint density at radius 1 is 1.50 bits per heavy atom. The highest BCUT2D eigenvalue weighted by Crippen LogP contribution is 2.04. The minimum Gasteiger partial charge on any atom is -0.382 e. The lowest BCUT2D eigenvalue weighted by molar-refractivity contribution is 0.896. The zero-order valence-electron chi connectivity index (χ0n) is 5.10. The van der Waals surface area contributed by atoms with Crippen molar-refractivity contribution in [2.45, 2.75) is 0 Å². The summed E-state index contributed by atoms with van der Waals surface area (Å²) in [5.41, 5.74) is 6.23. The lowest BCUT2D eigenvalue weighted by Gasteiger charge is -1.92. The second-order valence-electron chi connectivity index (χ2n) is 1.87. The third-order valence-corrected chi connectivity index (χ3v) is 1.25. The number of fused-ring (bicyclic) bond motifs is 1. The summed E-state index contributed by atoms with van der Waals surface area (Å²) in [6, 6.07) is 0. The van der Waals surface area contributed by atoms with E-state index in [0.717, 1.165) is 5.52 Å². The second kappa shape index (κ2) is 1.66. The fourth-order valence-electron chi connectivity index (χ4n) is 0.774. The molecule has 5 nitrogen and oxygen atoms in total. The molecular weight excluding hydrogens is 130 g/mol. The van der Waals surface area contributed by atoms with Crippen molar-refractivity contribution in [2.24, 2.45) is 0 Å². The number of nitrogen functional groups attached to an aromatic ring is 1. The number of hydrogen-bond donors (Lipinski definition) is 1. The third kappa shape index (κ3) is 0.540. The Morgan fingerprint density at radius 2 is 2.40 bits per heavy atom. The van der Waals surface area contributed by atoms with Crippen LogP contribution >= 0.6 is 0 Å². The molecule has 0 unspecified atom stereocenters. The molecule has 0 aliphatic heterocycles. The fourth-order valence-corrected chi connectivity index (χ4v) is 0.774. The first-order valence-corrected chi connectivity index (χ1v) is 2.77. The number of nitrogens with zero attached hydrogens (tertiary/aromatic N) is 4. The summed E-state index contributed by atoms with van der Waals surface area (Å²) >= 11 is 0. The van der Waals surface area contributed by atoms with Crippen LogP contribution < -0.4 is 5.73 Å². The van der Waals surface area contributed by atoms with Gasteiger partial charge < -0.3 is 5.73 Å². The van der Waals surface area contributed by atoms with E-state index >= 15 is 0 Å². The fraction of sp³-hybridized carbons (Fsp3) is 0. The van der Waals surface area contributed by atoms with E-state index < -0.39 is 0 Å². The Labute approximate surface area is 56.5 Å². The van der Waals surface area contributed by atoms with Gasteiger partial charge in [-0.1, -0.05) is 0 Å². The van der Waals surface area contributed by atoms with Gasteiger partial charge in [0.2, 0.25) is 0 Å². The molecule has 50 valence electrons. The number of anilines is 1. The molecule has 0 saturated carbocycles. The summed E-state index contributed by atoms with van der Waals surface area (Å²) in [6.07, 6.45) is 4.59. The van der Waals surface area contributed by atoms with Crippen molar-refractivity contribution in [1.29, 1.82) is 0 Å². The number of imidazole rings is 1. The van der Waals surface area contributed by atoms with Gasteiger partial charge in [0, 0.05) is 0 Å². The Morgan fingerprint density at radius 3 is 3.20 bits per heavy atom. The normalized spacial score (nSPS) is 10.4. The van der Waals surface area contributed by atoms with E-state index in [9.17, 15) is 0 Å². The molecule has 0 bridgehead atoms. The van der Waals surface area contributed by atoms with Crippen LogP contribution in [0.3, 0.4) is 0 Å². The molecule has 2 heterocycles. The Bertz CT molecular complexity index is 352. The molecule has 0 aromatic carbocycles. The van der Waals surface area contributed by atoms with Crippen LogP contribution in [0, 0.1) is 0 Å². The highest BCUT2D eigenvalue weighted by Gasteiger charge is 1.96. The summed E-state index contributed by atoms with van der Waals surface area (Å²) < 4.78 is 1.57. The molecule has 0 atom stereocenters. The minimum absolute atomic E-state index is 0.451. The Kier molecular flexibility index (Phi) is 0.858. The Hall–Kier alpha value is -1.65. The van der Waals surface area contributed by atoms with Gasteiger partial charge in [-0.2, -0.15) is 5.10 Å². The lowest BCUT2D eigenvalue weighted by Crippen LogP contribution is -1.96. The van der Waals surface area contributed by atoms with E-state index in [1.165, 1.54) is 6.33 Å². The van der Waals surface area contributed by atoms with Crippen LogP contribution in [-0.2, 0) is 0 Å². The van der Waals surface area contributed by atoms with Crippen molar-refractivity contribution in [3.8, 4) is 0 Å². The molecule has 0 aliphatic carbocycles. The lowest BCUT2D eigenvalue weighted by atomic mass is 10.6. The quantitative estimate of drug-likeness (QED) is 0.538. The summed E-state index contributed by atoms with van der Waals surface area (Å²) in [5, 5.41) is 3.87. The maximum atomic E-state index is 5.49. The summed E-state index contributed by atoms with van der Waals surface area (Å²) in [4.78, 5) is 7.63. The van der Waals surface area contributed by atoms with Crippen LogP contribution in [0.4, 0.5) is 5.82 Å². The number of nitrogens with two attached hydrogens (primary N) is 1. The largest absolute Gasteiger partial charge is 0.382 e. The van der Waals surface area contributed by atoms with Crippen LogP contribution in [-0.4, -0.2) is 19.6 Å². The zero-order chi connectivity index (χ0) is 6.97. The molecule has 0 radical (unpaired) electrons. The van der Waals surface area contributed by atoms with Crippen molar-refractivity contribution >= 4 is 11.3 Å². The van der Waals surface area contributed by atoms with Crippen LogP contribution in [0.15, 0.2) is 18.9 Å². The molecule has 0 aliphatic rings. The molecule has 10 heavy (non-hydrogen) atoms. The average molecular weight is 135 g/mol. The number of aromatic nitrogens is 4. The van der Waals surface area contributed by atoms with Crippen molar-refractivity contribution in [3.63, 3.8) is 0 Å². The molecular formula is C5H5N5. The first-order valence-electron chi connectivity index (χ1n) is 2.77. The molecule has 2 aromatic heterocycles. The van der Waals surface area contributed by atoms with E-state index in [1.807, 2.05) is 0 Å². The van der Waals surface area contributed by atoms with Gasteiger partial charge in [-0.05, 0) is 0 Å². The number of hydrogen-bond acceptors (Lipinski definition) is 4. The van der Waals surface area contributed by atoms with Gasteiger partial charge >= 0.3 is 0 Å².